The Morgan fingerprint density at radius 1 is 1.11 bits per heavy atom. The van der Waals surface area contributed by atoms with Crippen molar-refractivity contribution in [3.63, 3.8) is 0 Å². The summed E-state index contributed by atoms with van der Waals surface area (Å²) in [5, 5.41) is 9.70. The van der Waals surface area contributed by atoms with Crippen molar-refractivity contribution in [2.75, 3.05) is 0 Å². The molecular formula is C16H17FO2. The van der Waals surface area contributed by atoms with Gasteiger partial charge in [-0.1, -0.05) is 17.7 Å². The lowest BCUT2D eigenvalue weighted by molar-refractivity contribution is 0.195. The summed E-state index contributed by atoms with van der Waals surface area (Å²) >= 11 is 0. The zero-order chi connectivity index (χ0) is 14.0. The number of halogens is 1. The van der Waals surface area contributed by atoms with Crippen molar-refractivity contribution in [1.82, 2.24) is 0 Å². The van der Waals surface area contributed by atoms with E-state index in [1.165, 1.54) is 6.07 Å². The molecule has 0 aliphatic rings. The van der Waals surface area contributed by atoms with Gasteiger partial charge in [0.1, 0.15) is 17.3 Å². The third kappa shape index (κ3) is 3.12. The molecule has 2 rings (SSSR count). The molecule has 0 saturated carbocycles. The van der Waals surface area contributed by atoms with E-state index >= 15 is 0 Å². The van der Waals surface area contributed by atoms with Gasteiger partial charge in [0.25, 0.3) is 0 Å². The highest BCUT2D eigenvalue weighted by Gasteiger charge is 2.13. The summed E-state index contributed by atoms with van der Waals surface area (Å²) in [6.07, 6.45) is -0.782. The second kappa shape index (κ2) is 5.41. The van der Waals surface area contributed by atoms with Crippen LogP contribution in [0.25, 0.3) is 0 Å². The van der Waals surface area contributed by atoms with Crippen molar-refractivity contribution >= 4 is 0 Å². The van der Waals surface area contributed by atoms with Crippen molar-refractivity contribution in [3.05, 3.63) is 58.9 Å². The molecule has 0 bridgehead atoms. The number of rotatable bonds is 3. The van der Waals surface area contributed by atoms with Crippen LogP contribution in [0.4, 0.5) is 4.39 Å². The topological polar surface area (TPSA) is 29.5 Å². The van der Waals surface area contributed by atoms with E-state index in [0.717, 1.165) is 5.56 Å². The van der Waals surface area contributed by atoms with Gasteiger partial charge in [0.15, 0.2) is 0 Å². The first-order chi connectivity index (χ1) is 8.97. The number of hydrogen-bond donors (Lipinski definition) is 1. The smallest absolute Gasteiger partial charge is 0.133 e. The Bertz CT molecular complexity index is 574. The lowest BCUT2D eigenvalue weighted by atomic mass is 10.1. The molecule has 1 atom stereocenters. The maximum absolute atomic E-state index is 13.5. The second-order valence-electron chi connectivity index (χ2n) is 4.73. The van der Waals surface area contributed by atoms with E-state index in [9.17, 15) is 9.50 Å². The van der Waals surface area contributed by atoms with Gasteiger partial charge >= 0.3 is 0 Å². The zero-order valence-electron chi connectivity index (χ0n) is 11.3. The lowest BCUT2D eigenvalue weighted by Crippen LogP contribution is -1.99. The van der Waals surface area contributed by atoms with E-state index < -0.39 is 6.10 Å². The van der Waals surface area contributed by atoms with Gasteiger partial charge in [0, 0.05) is 5.56 Å². The molecule has 2 aromatic carbocycles. The molecule has 0 unspecified atom stereocenters. The van der Waals surface area contributed by atoms with Gasteiger partial charge in [-0.15, -0.1) is 0 Å². The summed E-state index contributed by atoms with van der Waals surface area (Å²) in [5.41, 5.74) is 2.08. The molecule has 3 heteroatoms. The van der Waals surface area contributed by atoms with Crippen LogP contribution < -0.4 is 4.74 Å². The molecule has 0 spiro atoms. The molecule has 0 heterocycles. The molecule has 0 radical (unpaired) electrons. The molecule has 0 amide bonds. The minimum Gasteiger partial charge on any atom is -0.457 e. The molecule has 0 aliphatic carbocycles. The average molecular weight is 260 g/mol. The maximum Gasteiger partial charge on any atom is 0.133 e. The Morgan fingerprint density at radius 3 is 2.32 bits per heavy atom. The van der Waals surface area contributed by atoms with Crippen LogP contribution in [0.2, 0.25) is 0 Å². The summed E-state index contributed by atoms with van der Waals surface area (Å²) < 4.78 is 19.3. The van der Waals surface area contributed by atoms with E-state index in [-0.39, 0.29) is 5.82 Å². The van der Waals surface area contributed by atoms with Crippen LogP contribution in [0.5, 0.6) is 11.5 Å². The molecule has 0 aromatic heterocycles. The fourth-order valence-corrected chi connectivity index (χ4v) is 1.82. The van der Waals surface area contributed by atoms with E-state index in [2.05, 4.69) is 0 Å². The van der Waals surface area contributed by atoms with Crippen LogP contribution in [-0.4, -0.2) is 5.11 Å². The Morgan fingerprint density at radius 2 is 1.74 bits per heavy atom. The van der Waals surface area contributed by atoms with Crippen molar-refractivity contribution < 1.29 is 14.2 Å². The molecule has 19 heavy (non-hydrogen) atoms. The van der Waals surface area contributed by atoms with Gasteiger partial charge in [-0.3, -0.25) is 0 Å². The van der Waals surface area contributed by atoms with Gasteiger partial charge in [-0.05, 0) is 50.6 Å². The van der Waals surface area contributed by atoms with Crippen molar-refractivity contribution in [3.8, 4) is 11.5 Å². The first-order valence-corrected chi connectivity index (χ1v) is 6.20. The predicted octanol–water partition coefficient (Wildman–Crippen LogP) is 4.29. The molecule has 1 N–H and O–H groups in total. The SMILES string of the molecule is Cc1ccc(Oc2cc(C)c(F)cc2[C@H](C)O)cc1. The molecule has 100 valence electrons. The predicted molar refractivity (Wildman–Crippen MR) is 73.0 cm³/mol. The van der Waals surface area contributed by atoms with Gasteiger partial charge < -0.3 is 9.84 Å². The highest BCUT2D eigenvalue weighted by atomic mass is 19.1. The quantitative estimate of drug-likeness (QED) is 0.892. The van der Waals surface area contributed by atoms with Crippen molar-refractivity contribution in [1.29, 1.82) is 0 Å². The number of aryl methyl sites for hydroxylation is 2. The minimum absolute atomic E-state index is 0.341. The number of ether oxygens (including phenoxy) is 1. The summed E-state index contributed by atoms with van der Waals surface area (Å²) in [4.78, 5) is 0. The van der Waals surface area contributed by atoms with Crippen molar-refractivity contribution in [2.24, 2.45) is 0 Å². The third-order valence-corrected chi connectivity index (χ3v) is 2.99. The lowest BCUT2D eigenvalue weighted by Gasteiger charge is -2.14. The molecule has 2 nitrogen and oxygen atoms in total. The summed E-state index contributed by atoms with van der Waals surface area (Å²) in [5.74, 6) is 0.809. The van der Waals surface area contributed by atoms with Crippen LogP contribution in [0, 0.1) is 19.7 Å². The third-order valence-electron chi connectivity index (χ3n) is 2.99. The zero-order valence-corrected chi connectivity index (χ0v) is 11.3. The van der Waals surface area contributed by atoms with E-state index in [0.29, 0.717) is 22.6 Å². The van der Waals surface area contributed by atoms with E-state index in [1.54, 1.807) is 19.9 Å². The highest BCUT2D eigenvalue weighted by molar-refractivity contribution is 5.42. The summed E-state index contributed by atoms with van der Waals surface area (Å²) in [7, 11) is 0. The highest BCUT2D eigenvalue weighted by Crippen LogP contribution is 2.32. The van der Waals surface area contributed by atoms with Gasteiger partial charge in [0.05, 0.1) is 6.10 Å². The number of hydrogen-bond acceptors (Lipinski definition) is 2. The van der Waals surface area contributed by atoms with E-state index in [1.807, 2.05) is 31.2 Å². The molecule has 2 aromatic rings. The fraction of sp³-hybridized carbons (Fsp3) is 0.250. The Balaban J connectivity index is 2.38. The van der Waals surface area contributed by atoms with Gasteiger partial charge in [-0.25, -0.2) is 4.39 Å². The molecule has 0 saturated heterocycles. The van der Waals surface area contributed by atoms with Gasteiger partial charge in [-0.2, -0.15) is 0 Å². The average Bonchev–Trinajstić information content (AvgIpc) is 2.36. The second-order valence-corrected chi connectivity index (χ2v) is 4.73. The number of benzene rings is 2. The standard InChI is InChI=1S/C16H17FO2/c1-10-4-6-13(7-5-10)19-16-8-11(2)15(17)9-14(16)12(3)18/h4-9,12,18H,1-3H3/t12-/m0/s1. The number of aliphatic hydroxyl groups excluding tert-OH is 1. The largest absolute Gasteiger partial charge is 0.457 e. The Labute approximate surface area is 112 Å². The first-order valence-electron chi connectivity index (χ1n) is 6.20. The van der Waals surface area contributed by atoms with Gasteiger partial charge in [0.2, 0.25) is 0 Å². The van der Waals surface area contributed by atoms with Crippen LogP contribution in [0.15, 0.2) is 36.4 Å². The monoisotopic (exact) mass is 260 g/mol. The van der Waals surface area contributed by atoms with Crippen LogP contribution in [-0.2, 0) is 0 Å². The first kappa shape index (κ1) is 13.6. The van der Waals surface area contributed by atoms with Crippen LogP contribution in [0.3, 0.4) is 0 Å². The van der Waals surface area contributed by atoms with Crippen LogP contribution in [0.1, 0.15) is 29.7 Å². The summed E-state index contributed by atoms with van der Waals surface area (Å²) in [6.45, 7) is 5.25. The number of aliphatic hydroxyl groups is 1. The Kier molecular flexibility index (Phi) is 3.86. The normalized spacial score (nSPS) is 12.3. The minimum atomic E-state index is -0.782. The van der Waals surface area contributed by atoms with E-state index in [4.69, 9.17) is 4.74 Å². The molecule has 0 aliphatic heterocycles. The Hall–Kier alpha value is -1.87. The molecule has 0 fully saturated rings. The molecular weight excluding hydrogens is 243 g/mol. The summed E-state index contributed by atoms with van der Waals surface area (Å²) in [6, 6.07) is 10.5. The van der Waals surface area contributed by atoms with Crippen molar-refractivity contribution in [2.45, 2.75) is 26.9 Å². The van der Waals surface area contributed by atoms with Crippen LogP contribution >= 0.6 is 0 Å². The maximum atomic E-state index is 13.5. The fourth-order valence-electron chi connectivity index (χ4n) is 1.82.